The van der Waals surface area contributed by atoms with Crippen LogP contribution >= 0.6 is 0 Å². The molecule has 3 rings (SSSR count). The number of ether oxygens (including phenoxy) is 1. The van der Waals surface area contributed by atoms with Gasteiger partial charge in [-0.25, -0.2) is 4.68 Å². The zero-order chi connectivity index (χ0) is 17.6. The van der Waals surface area contributed by atoms with Gasteiger partial charge in [0.1, 0.15) is 5.75 Å². The Bertz CT molecular complexity index is 809. The topological polar surface area (TPSA) is 56.2 Å². The first-order chi connectivity index (χ1) is 12.2. The highest BCUT2D eigenvalue weighted by molar-refractivity contribution is 5.94. The number of hydrogen-bond donors (Lipinski definition) is 1. The second-order valence-corrected chi connectivity index (χ2v) is 5.70. The minimum atomic E-state index is -0.0883. The summed E-state index contributed by atoms with van der Waals surface area (Å²) in [5.41, 5.74) is 2.61. The zero-order valence-corrected chi connectivity index (χ0v) is 14.3. The van der Waals surface area contributed by atoms with Crippen molar-refractivity contribution in [2.45, 2.75) is 19.4 Å². The highest BCUT2D eigenvalue weighted by atomic mass is 16.5. The number of methoxy groups -OCH3 is 1. The number of carbonyl (C=O) groups is 1. The van der Waals surface area contributed by atoms with Crippen LogP contribution in [0.5, 0.6) is 5.75 Å². The number of aromatic nitrogens is 2. The van der Waals surface area contributed by atoms with Crippen molar-refractivity contribution < 1.29 is 9.53 Å². The van der Waals surface area contributed by atoms with E-state index in [9.17, 15) is 4.79 Å². The first-order valence-corrected chi connectivity index (χ1v) is 8.26. The van der Waals surface area contributed by atoms with Gasteiger partial charge in [0, 0.05) is 18.0 Å². The summed E-state index contributed by atoms with van der Waals surface area (Å²) in [6, 6.07) is 17.0. The van der Waals surface area contributed by atoms with Gasteiger partial charge in [-0.15, -0.1) is 0 Å². The van der Waals surface area contributed by atoms with Crippen molar-refractivity contribution >= 4 is 5.91 Å². The first-order valence-electron chi connectivity index (χ1n) is 8.26. The Hall–Kier alpha value is -3.08. The monoisotopic (exact) mass is 335 g/mol. The van der Waals surface area contributed by atoms with Gasteiger partial charge in [-0.3, -0.25) is 4.79 Å². The molecule has 1 unspecified atom stereocenters. The van der Waals surface area contributed by atoms with Crippen molar-refractivity contribution in [2.75, 3.05) is 7.11 Å². The number of benzene rings is 2. The Morgan fingerprint density at radius 1 is 1.16 bits per heavy atom. The second-order valence-electron chi connectivity index (χ2n) is 5.70. The molecule has 0 saturated carbocycles. The molecule has 1 N–H and O–H groups in total. The quantitative estimate of drug-likeness (QED) is 0.746. The van der Waals surface area contributed by atoms with E-state index in [0.29, 0.717) is 5.56 Å². The molecule has 0 spiro atoms. The fourth-order valence-corrected chi connectivity index (χ4v) is 2.69. The summed E-state index contributed by atoms with van der Waals surface area (Å²) in [6.45, 7) is 2.05. The van der Waals surface area contributed by atoms with Crippen molar-refractivity contribution in [1.29, 1.82) is 0 Å². The second kappa shape index (κ2) is 7.66. The number of hydrogen-bond acceptors (Lipinski definition) is 3. The lowest BCUT2D eigenvalue weighted by Gasteiger charge is -2.18. The van der Waals surface area contributed by atoms with E-state index >= 15 is 0 Å². The molecule has 2 aromatic carbocycles. The number of rotatable bonds is 6. The molecule has 0 bridgehead atoms. The van der Waals surface area contributed by atoms with Crippen molar-refractivity contribution in [3.8, 4) is 11.4 Å². The van der Waals surface area contributed by atoms with Gasteiger partial charge < -0.3 is 10.1 Å². The molecule has 5 heteroatoms. The zero-order valence-electron chi connectivity index (χ0n) is 14.3. The third-order valence-electron chi connectivity index (χ3n) is 4.13. The van der Waals surface area contributed by atoms with Crippen molar-refractivity contribution in [2.24, 2.45) is 0 Å². The van der Waals surface area contributed by atoms with E-state index in [-0.39, 0.29) is 11.9 Å². The largest absolute Gasteiger partial charge is 0.497 e. The normalized spacial score (nSPS) is 11.8. The summed E-state index contributed by atoms with van der Waals surface area (Å²) >= 11 is 0. The lowest BCUT2D eigenvalue weighted by atomic mass is 10.0. The first kappa shape index (κ1) is 16.8. The van der Waals surface area contributed by atoms with Gasteiger partial charge >= 0.3 is 0 Å². The third kappa shape index (κ3) is 3.88. The van der Waals surface area contributed by atoms with E-state index in [1.165, 1.54) is 0 Å². The maximum atomic E-state index is 12.5. The van der Waals surface area contributed by atoms with E-state index in [4.69, 9.17) is 4.74 Å². The summed E-state index contributed by atoms with van der Waals surface area (Å²) < 4.78 is 6.94. The average molecular weight is 335 g/mol. The van der Waals surface area contributed by atoms with Gasteiger partial charge in [-0.1, -0.05) is 19.1 Å². The Kier molecular flexibility index (Phi) is 5.14. The maximum Gasteiger partial charge on any atom is 0.251 e. The molecule has 0 saturated heterocycles. The molecule has 1 heterocycles. The maximum absolute atomic E-state index is 12.5. The van der Waals surface area contributed by atoms with Gasteiger partial charge in [-0.05, 0) is 54.4 Å². The molecular weight excluding hydrogens is 314 g/mol. The summed E-state index contributed by atoms with van der Waals surface area (Å²) in [5, 5.41) is 7.27. The lowest BCUT2D eigenvalue weighted by Crippen LogP contribution is -2.28. The van der Waals surface area contributed by atoms with Crippen LogP contribution in [0.3, 0.4) is 0 Å². The van der Waals surface area contributed by atoms with Crippen LogP contribution in [0.25, 0.3) is 5.69 Å². The van der Waals surface area contributed by atoms with E-state index in [2.05, 4.69) is 17.3 Å². The predicted molar refractivity (Wildman–Crippen MR) is 97.1 cm³/mol. The number of nitrogens with zero attached hydrogens (tertiary/aromatic N) is 2. The number of carbonyl (C=O) groups excluding carboxylic acids is 1. The summed E-state index contributed by atoms with van der Waals surface area (Å²) in [6.07, 6.45) is 4.40. The molecule has 1 atom stereocenters. The molecule has 0 aliphatic heterocycles. The van der Waals surface area contributed by atoms with Crippen molar-refractivity contribution in [3.05, 3.63) is 78.1 Å². The highest BCUT2D eigenvalue weighted by Crippen LogP contribution is 2.20. The molecule has 0 aliphatic rings. The standard InChI is InChI=1S/C20H21N3O2/c1-3-19(15-7-11-18(25-2)12-8-15)22-20(24)16-5-9-17(10-6-16)23-14-4-13-21-23/h4-14,19H,3H2,1-2H3,(H,22,24). The van der Waals surface area contributed by atoms with Crippen LogP contribution in [0.1, 0.15) is 35.3 Å². The Balaban J connectivity index is 1.71. The van der Waals surface area contributed by atoms with Crippen molar-refractivity contribution in [3.63, 3.8) is 0 Å². The lowest BCUT2D eigenvalue weighted by molar-refractivity contribution is 0.0935. The smallest absolute Gasteiger partial charge is 0.251 e. The van der Waals surface area contributed by atoms with Crippen molar-refractivity contribution in [1.82, 2.24) is 15.1 Å². The van der Waals surface area contributed by atoms with Crippen LogP contribution in [0.15, 0.2) is 67.0 Å². The number of amides is 1. The molecule has 1 aromatic heterocycles. The van der Waals surface area contributed by atoms with E-state index < -0.39 is 0 Å². The fourth-order valence-electron chi connectivity index (χ4n) is 2.69. The molecule has 128 valence electrons. The fraction of sp³-hybridized carbons (Fsp3) is 0.200. The van der Waals surface area contributed by atoms with Crippen LogP contribution in [0, 0.1) is 0 Å². The summed E-state index contributed by atoms with van der Waals surface area (Å²) in [7, 11) is 1.64. The molecule has 3 aromatic rings. The van der Waals surface area contributed by atoms with Crippen LogP contribution in [0.2, 0.25) is 0 Å². The molecular formula is C20H21N3O2. The highest BCUT2D eigenvalue weighted by Gasteiger charge is 2.14. The Morgan fingerprint density at radius 2 is 1.88 bits per heavy atom. The minimum absolute atomic E-state index is 0.0378. The molecule has 25 heavy (non-hydrogen) atoms. The van der Waals surface area contributed by atoms with Crippen LogP contribution in [-0.4, -0.2) is 22.8 Å². The molecule has 0 radical (unpaired) electrons. The van der Waals surface area contributed by atoms with Gasteiger partial charge in [-0.2, -0.15) is 5.10 Å². The molecule has 0 fully saturated rings. The van der Waals surface area contributed by atoms with Gasteiger partial charge in [0.2, 0.25) is 0 Å². The SMILES string of the molecule is CCC(NC(=O)c1ccc(-n2cccn2)cc1)c1ccc(OC)cc1. The minimum Gasteiger partial charge on any atom is -0.497 e. The van der Waals surface area contributed by atoms with Crippen LogP contribution < -0.4 is 10.1 Å². The van der Waals surface area contributed by atoms with E-state index in [0.717, 1.165) is 23.4 Å². The summed E-state index contributed by atoms with van der Waals surface area (Å²) in [5.74, 6) is 0.717. The Morgan fingerprint density at radius 3 is 2.44 bits per heavy atom. The Labute approximate surface area is 147 Å². The van der Waals surface area contributed by atoms with Gasteiger partial charge in [0.25, 0.3) is 5.91 Å². The summed E-state index contributed by atoms with van der Waals surface area (Å²) in [4.78, 5) is 12.5. The van der Waals surface area contributed by atoms with Crippen LogP contribution in [-0.2, 0) is 0 Å². The predicted octanol–water partition coefficient (Wildman–Crippen LogP) is 3.76. The number of nitrogens with one attached hydrogen (secondary N) is 1. The van der Waals surface area contributed by atoms with E-state index in [1.807, 2.05) is 60.8 Å². The van der Waals surface area contributed by atoms with Gasteiger partial charge in [0.15, 0.2) is 0 Å². The third-order valence-corrected chi connectivity index (χ3v) is 4.13. The molecule has 1 amide bonds. The van der Waals surface area contributed by atoms with E-state index in [1.54, 1.807) is 18.0 Å². The molecule has 0 aliphatic carbocycles. The average Bonchev–Trinajstić information content (AvgIpc) is 3.21. The van der Waals surface area contributed by atoms with Crippen LogP contribution in [0.4, 0.5) is 0 Å². The molecule has 5 nitrogen and oxygen atoms in total. The van der Waals surface area contributed by atoms with Gasteiger partial charge in [0.05, 0.1) is 18.8 Å².